The number of nitrogens with two attached hydrogens (primary N) is 1. The Morgan fingerprint density at radius 1 is 1.03 bits per heavy atom. The van der Waals surface area contributed by atoms with Crippen molar-refractivity contribution in [3.8, 4) is 0 Å². The third-order valence-electron chi connectivity index (χ3n) is 9.99. The predicted molar refractivity (Wildman–Crippen MR) is 101 cm³/mol. The van der Waals surface area contributed by atoms with E-state index in [-0.39, 0.29) is 34.7 Å². The zero-order valence-electron chi connectivity index (χ0n) is 16.9. The maximum absolute atomic E-state index is 13.0. The van der Waals surface area contributed by atoms with E-state index in [1.807, 2.05) is 0 Å². The normalized spacial score (nSPS) is 58.7. The Balaban J connectivity index is 0.976. The smallest absolute Gasteiger partial charge is 0.312 e. The van der Waals surface area contributed by atoms with Crippen molar-refractivity contribution in [1.82, 2.24) is 0 Å². The summed E-state index contributed by atoms with van der Waals surface area (Å²) >= 11 is 0. The van der Waals surface area contributed by atoms with Gasteiger partial charge >= 0.3 is 5.97 Å². The number of ether oxygens (including phenoxy) is 3. The van der Waals surface area contributed by atoms with E-state index in [1.165, 1.54) is 6.42 Å². The van der Waals surface area contributed by atoms with Crippen LogP contribution < -0.4 is 5.73 Å². The standard InChI is InChI=1S/C23H31NO5/c24-22-5-14-2-16(6-22)23(18(14)8-22)28-10-12(11-29-23)9-27-20(26)21-3-13-1-15(4-21)19(25)17(13)7-21/h12-18H,1-11,24H2. The molecule has 1 spiro atoms. The van der Waals surface area contributed by atoms with Crippen molar-refractivity contribution < 1.29 is 23.8 Å². The molecule has 0 amide bonds. The molecule has 8 aliphatic carbocycles. The van der Waals surface area contributed by atoms with E-state index in [4.69, 9.17) is 19.9 Å². The molecule has 8 atom stereocenters. The highest BCUT2D eigenvalue weighted by Gasteiger charge is 2.69. The molecule has 1 saturated heterocycles. The van der Waals surface area contributed by atoms with E-state index in [0.717, 1.165) is 38.5 Å². The minimum atomic E-state index is -0.424. The van der Waals surface area contributed by atoms with Crippen LogP contribution in [-0.4, -0.2) is 42.9 Å². The monoisotopic (exact) mass is 401 g/mol. The van der Waals surface area contributed by atoms with Gasteiger partial charge in [0.1, 0.15) is 5.78 Å². The Labute approximate surface area is 171 Å². The molecule has 9 aliphatic rings. The first kappa shape index (κ1) is 17.7. The summed E-state index contributed by atoms with van der Waals surface area (Å²) < 4.78 is 18.6. The topological polar surface area (TPSA) is 87.9 Å². The number of hydrogen-bond acceptors (Lipinski definition) is 6. The average Bonchev–Trinajstić information content (AvgIpc) is 3.27. The highest BCUT2D eigenvalue weighted by atomic mass is 16.7. The van der Waals surface area contributed by atoms with E-state index in [2.05, 4.69) is 0 Å². The minimum Gasteiger partial charge on any atom is -0.465 e. The fraction of sp³-hybridized carbons (Fsp3) is 0.913. The first-order valence-corrected chi connectivity index (χ1v) is 11.7. The molecule has 1 aliphatic heterocycles. The van der Waals surface area contributed by atoms with Gasteiger partial charge < -0.3 is 19.9 Å². The number of esters is 1. The molecular weight excluding hydrogens is 370 g/mol. The van der Waals surface area contributed by atoms with Crippen LogP contribution in [0.4, 0.5) is 0 Å². The van der Waals surface area contributed by atoms with Gasteiger partial charge in [-0.1, -0.05) is 0 Å². The molecule has 2 N–H and O–H groups in total. The lowest BCUT2D eigenvalue weighted by atomic mass is 9.69. The molecule has 29 heavy (non-hydrogen) atoms. The molecule has 6 heteroatoms. The van der Waals surface area contributed by atoms with Gasteiger partial charge in [0.2, 0.25) is 0 Å². The maximum atomic E-state index is 13.0. The molecule has 8 bridgehead atoms. The number of ketones is 1. The van der Waals surface area contributed by atoms with Gasteiger partial charge in [0, 0.05) is 35.1 Å². The number of Topliss-reactive ketones (excluding diaryl/α,β-unsaturated/α-hetero) is 1. The van der Waals surface area contributed by atoms with Gasteiger partial charge in [-0.3, -0.25) is 9.59 Å². The second-order valence-corrected chi connectivity index (χ2v) is 11.7. The molecule has 158 valence electrons. The van der Waals surface area contributed by atoms with Gasteiger partial charge in [-0.15, -0.1) is 0 Å². The van der Waals surface area contributed by atoms with Gasteiger partial charge in [-0.25, -0.2) is 0 Å². The molecule has 9 rings (SSSR count). The quantitative estimate of drug-likeness (QED) is 0.728. The van der Waals surface area contributed by atoms with Gasteiger partial charge in [-0.05, 0) is 63.2 Å². The second kappa shape index (κ2) is 5.43. The van der Waals surface area contributed by atoms with Crippen LogP contribution in [-0.2, 0) is 23.8 Å². The van der Waals surface area contributed by atoms with Crippen molar-refractivity contribution in [2.45, 2.75) is 62.7 Å². The lowest BCUT2D eigenvalue weighted by molar-refractivity contribution is -0.330. The van der Waals surface area contributed by atoms with Crippen molar-refractivity contribution >= 4 is 11.8 Å². The third-order valence-corrected chi connectivity index (χ3v) is 9.99. The Hall–Kier alpha value is -0.980. The summed E-state index contributed by atoms with van der Waals surface area (Å²) in [5, 5.41) is 0. The molecule has 6 nitrogen and oxygen atoms in total. The molecule has 0 aromatic heterocycles. The second-order valence-electron chi connectivity index (χ2n) is 11.7. The van der Waals surface area contributed by atoms with Gasteiger partial charge in [-0.2, -0.15) is 0 Å². The van der Waals surface area contributed by atoms with Crippen LogP contribution in [0.15, 0.2) is 0 Å². The molecule has 0 radical (unpaired) electrons. The summed E-state index contributed by atoms with van der Waals surface area (Å²) in [6.07, 6.45) is 7.64. The lowest BCUT2D eigenvalue weighted by Crippen LogP contribution is -2.58. The lowest BCUT2D eigenvalue weighted by Gasteiger charge is -2.50. The van der Waals surface area contributed by atoms with Crippen molar-refractivity contribution in [3.63, 3.8) is 0 Å². The van der Waals surface area contributed by atoms with E-state index in [0.29, 0.717) is 55.7 Å². The van der Waals surface area contributed by atoms with E-state index >= 15 is 0 Å². The molecule has 9 fully saturated rings. The van der Waals surface area contributed by atoms with Gasteiger partial charge in [0.05, 0.1) is 25.2 Å². The predicted octanol–water partition coefficient (Wildman–Crippen LogP) is 2.04. The molecule has 1 heterocycles. The number of carbonyl (C=O) groups is 2. The first-order valence-electron chi connectivity index (χ1n) is 11.7. The summed E-state index contributed by atoms with van der Waals surface area (Å²) in [7, 11) is 0. The van der Waals surface area contributed by atoms with Crippen LogP contribution in [0.1, 0.15) is 51.4 Å². The Morgan fingerprint density at radius 2 is 1.86 bits per heavy atom. The summed E-state index contributed by atoms with van der Waals surface area (Å²) in [5.41, 5.74) is 6.18. The average molecular weight is 402 g/mol. The number of rotatable bonds is 3. The summed E-state index contributed by atoms with van der Waals surface area (Å²) in [6.45, 7) is 1.57. The van der Waals surface area contributed by atoms with Crippen LogP contribution in [0, 0.1) is 46.8 Å². The summed E-state index contributed by atoms with van der Waals surface area (Å²) in [4.78, 5) is 25.2. The van der Waals surface area contributed by atoms with Gasteiger partial charge in [0.25, 0.3) is 0 Å². The Bertz CT molecular complexity index is 782. The van der Waals surface area contributed by atoms with Crippen molar-refractivity contribution in [1.29, 1.82) is 0 Å². The van der Waals surface area contributed by atoms with Crippen LogP contribution in [0.3, 0.4) is 0 Å². The van der Waals surface area contributed by atoms with E-state index < -0.39 is 5.79 Å². The maximum Gasteiger partial charge on any atom is 0.312 e. The third kappa shape index (κ3) is 2.18. The molecule has 0 aromatic carbocycles. The zero-order chi connectivity index (χ0) is 19.6. The van der Waals surface area contributed by atoms with Crippen LogP contribution in [0.5, 0.6) is 0 Å². The fourth-order valence-electron chi connectivity index (χ4n) is 9.02. The van der Waals surface area contributed by atoms with Crippen LogP contribution in [0.25, 0.3) is 0 Å². The van der Waals surface area contributed by atoms with Crippen molar-refractivity contribution in [2.75, 3.05) is 19.8 Å². The van der Waals surface area contributed by atoms with Crippen molar-refractivity contribution in [3.05, 3.63) is 0 Å². The van der Waals surface area contributed by atoms with Crippen molar-refractivity contribution in [2.24, 2.45) is 52.6 Å². The molecule has 8 unspecified atom stereocenters. The minimum absolute atomic E-state index is 0.0170. The Kier molecular flexibility index (Phi) is 3.31. The number of carbonyl (C=O) groups excluding carboxylic acids is 2. The largest absolute Gasteiger partial charge is 0.465 e. The highest BCUT2D eigenvalue weighted by molar-refractivity contribution is 5.91. The highest BCUT2D eigenvalue weighted by Crippen LogP contribution is 2.66. The van der Waals surface area contributed by atoms with Crippen LogP contribution in [0.2, 0.25) is 0 Å². The Morgan fingerprint density at radius 3 is 2.59 bits per heavy atom. The van der Waals surface area contributed by atoms with Crippen LogP contribution >= 0.6 is 0 Å². The fourth-order valence-corrected chi connectivity index (χ4v) is 9.02. The molecule has 8 saturated carbocycles. The zero-order valence-corrected chi connectivity index (χ0v) is 16.9. The molecule has 0 aromatic rings. The van der Waals surface area contributed by atoms with E-state index in [9.17, 15) is 9.59 Å². The number of hydrogen-bond donors (Lipinski definition) is 1. The summed E-state index contributed by atoms with van der Waals surface area (Å²) in [6, 6.07) is 0. The summed E-state index contributed by atoms with van der Waals surface area (Å²) in [5.74, 6) is 2.19. The molecular formula is C23H31NO5. The SMILES string of the molecule is NC12CC3CC(C1)C1(OCC(COC(=O)C45CC6CC(C4)C(C5)C6=O)CO1)C3C2. The first-order chi connectivity index (χ1) is 13.9. The van der Waals surface area contributed by atoms with Gasteiger partial charge in [0.15, 0.2) is 5.79 Å². The van der Waals surface area contributed by atoms with E-state index in [1.54, 1.807) is 0 Å².